The van der Waals surface area contributed by atoms with E-state index in [0.29, 0.717) is 31.4 Å². The van der Waals surface area contributed by atoms with E-state index >= 15 is 0 Å². The van der Waals surface area contributed by atoms with Gasteiger partial charge in [-0.2, -0.15) is 4.98 Å². The fourth-order valence-corrected chi connectivity index (χ4v) is 4.46. The molecule has 2 aromatic heterocycles. The van der Waals surface area contributed by atoms with E-state index in [1.807, 2.05) is 44.2 Å². The number of aromatic nitrogens is 3. The molecule has 3 aromatic rings. The van der Waals surface area contributed by atoms with Crippen LogP contribution in [0.25, 0.3) is 11.0 Å². The van der Waals surface area contributed by atoms with Crippen LogP contribution in [0.3, 0.4) is 0 Å². The Morgan fingerprint density at radius 3 is 2.59 bits per heavy atom. The number of hydrogen-bond acceptors (Lipinski definition) is 6. The van der Waals surface area contributed by atoms with E-state index in [-0.39, 0.29) is 40.7 Å². The van der Waals surface area contributed by atoms with Crippen LogP contribution in [-0.4, -0.2) is 74.7 Å². The van der Waals surface area contributed by atoms with Gasteiger partial charge in [0.15, 0.2) is 11.5 Å². The molecule has 1 aliphatic rings. The van der Waals surface area contributed by atoms with Crippen LogP contribution >= 0.6 is 0 Å². The van der Waals surface area contributed by atoms with Crippen LogP contribution in [0.1, 0.15) is 38.4 Å². The third kappa shape index (κ3) is 6.05. The summed E-state index contributed by atoms with van der Waals surface area (Å²) in [6, 6.07) is 9.47. The Balaban J connectivity index is 0.00000289. The van der Waals surface area contributed by atoms with E-state index in [2.05, 4.69) is 28.8 Å². The summed E-state index contributed by atoms with van der Waals surface area (Å²) in [6.45, 7) is 9.91. The van der Waals surface area contributed by atoms with Gasteiger partial charge in [0.05, 0.1) is 36.5 Å². The molecular weight excluding hydrogens is 437 g/mol. The monoisotopic (exact) mass is 467 g/mol. The maximum absolute atomic E-state index is 12.9. The summed E-state index contributed by atoms with van der Waals surface area (Å²) in [5.41, 5.74) is 3.32. The normalized spacial score (nSPS) is 18.2. The first-order chi connectivity index (χ1) is 14.7. The Kier molecular flexibility index (Phi) is 8.30. The number of nitrogens with zero attached hydrogens (tertiary/aromatic N) is 2. The van der Waals surface area contributed by atoms with Crippen LogP contribution in [0.4, 0.5) is 0 Å². The zero-order valence-corrected chi connectivity index (χ0v) is 19.3. The molecule has 168 valence electrons. The number of benzene rings is 1. The first-order valence-corrected chi connectivity index (χ1v) is 11.7. The Morgan fingerprint density at radius 2 is 1.88 bits per heavy atom. The second-order valence-corrected chi connectivity index (χ2v) is 10.3. The maximum atomic E-state index is 12.9. The van der Waals surface area contributed by atoms with Crippen molar-refractivity contribution in [1.29, 1.82) is 0 Å². The van der Waals surface area contributed by atoms with Crippen LogP contribution in [0.2, 0.25) is 0 Å². The molecule has 0 bridgehead atoms. The zero-order chi connectivity index (χ0) is 22.1. The first kappa shape index (κ1) is 25.5. The number of aromatic amines is 1. The molecule has 0 saturated carbocycles. The van der Waals surface area contributed by atoms with Crippen molar-refractivity contribution in [2.75, 3.05) is 19.8 Å². The fourth-order valence-electron chi connectivity index (χ4n) is 3.36. The summed E-state index contributed by atoms with van der Waals surface area (Å²) < 4.78 is 30.7. The van der Waals surface area contributed by atoms with Crippen molar-refractivity contribution < 1.29 is 18.8 Å². The second kappa shape index (κ2) is 10.4. The number of pyridine rings is 1. The Hall–Kier alpha value is -1.13. The molecule has 1 atom stereocenters. The Bertz CT molecular complexity index is 1020. The topological polar surface area (TPSA) is 92.3 Å². The molecular formula is C23H30N3NaO4S. The molecule has 0 amide bonds. The zero-order valence-electron chi connectivity index (χ0n) is 18.4. The van der Waals surface area contributed by atoms with E-state index in [0.717, 1.165) is 28.0 Å². The number of ether oxygens (including phenoxy) is 3. The van der Waals surface area contributed by atoms with E-state index in [9.17, 15) is 4.55 Å². The SMILES string of the molecule is Cc1c(OCCC2(C)OCC(C)(C)CO2)ccnc1C[S+]([O-])c1nc2ccccc2[nH]1.[NaH]. The van der Waals surface area contributed by atoms with Gasteiger partial charge in [0.2, 0.25) is 0 Å². The summed E-state index contributed by atoms with van der Waals surface area (Å²) in [5.74, 6) is 0.357. The quantitative estimate of drug-likeness (QED) is 0.423. The molecule has 32 heavy (non-hydrogen) atoms. The van der Waals surface area contributed by atoms with Gasteiger partial charge in [0.25, 0.3) is 0 Å². The number of rotatable bonds is 7. The molecule has 0 spiro atoms. The molecule has 3 heterocycles. The molecule has 1 aromatic carbocycles. The van der Waals surface area contributed by atoms with Crippen LogP contribution < -0.4 is 4.74 Å². The molecule has 4 rings (SSSR count). The average molecular weight is 468 g/mol. The van der Waals surface area contributed by atoms with Crippen molar-refractivity contribution in [3.8, 4) is 5.75 Å². The molecule has 0 aliphatic carbocycles. The molecule has 1 aliphatic heterocycles. The third-order valence-corrected chi connectivity index (χ3v) is 6.62. The number of nitrogens with one attached hydrogen (secondary N) is 1. The van der Waals surface area contributed by atoms with Crippen LogP contribution in [0, 0.1) is 12.3 Å². The number of imidazole rings is 1. The van der Waals surface area contributed by atoms with Gasteiger partial charge >= 0.3 is 34.7 Å². The summed E-state index contributed by atoms with van der Waals surface area (Å²) >= 11 is -1.33. The minimum atomic E-state index is -1.33. The first-order valence-electron chi connectivity index (χ1n) is 10.4. The van der Waals surface area contributed by atoms with Crippen molar-refractivity contribution in [2.24, 2.45) is 5.41 Å². The standard InChI is InChI=1S/C23H29N3O4S.Na.H/c1-16-19(13-31(27)21-25-17-7-5-6-8-18(17)26-21)24-11-9-20(16)28-12-10-23(4)29-14-22(2,3)15-30-23;;/h5-9,11H,10,12-15H2,1-4H3,(H,25,26);;. The van der Waals surface area contributed by atoms with E-state index < -0.39 is 17.0 Å². The van der Waals surface area contributed by atoms with Gasteiger partial charge in [-0.25, -0.2) is 0 Å². The van der Waals surface area contributed by atoms with Crippen molar-refractivity contribution in [1.82, 2.24) is 15.0 Å². The predicted octanol–water partition coefficient (Wildman–Crippen LogP) is 3.48. The van der Waals surface area contributed by atoms with Crippen molar-refractivity contribution >= 4 is 51.8 Å². The van der Waals surface area contributed by atoms with E-state index in [1.165, 1.54) is 0 Å². The van der Waals surface area contributed by atoms with Crippen molar-refractivity contribution in [2.45, 2.75) is 50.8 Å². The molecule has 7 nitrogen and oxygen atoms in total. The summed E-state index contributed by atoms with van der Waals surface area (Å²) in [5, 5.41) is 0.455. The van der Waals surface area contributed by atoms with E-state index in [1.54, 1.807) is 6.20 Å². The van der Waals surface area contributed by atoms with Gasteiger partial charge in [-0.3, -0.25) is 9.97 Å². The van der Waals surface area contributed by atoms with Crippen molar-refractivity contribution in [3.63, 3.8) is 0 Å². The van der Waals surface area contributed by atoms with Gasteiger partial charge in [-0.1, -0.05) is 26.0 Å². The van der Waals surface area contributed by atoms with Crippen molar-refractivity contribution in [3.05, 3.63) is 47.8 Å². The van der Waals surface area contributed by atoms with E-state index in [4.69, 9.17) is 14.2 Å². The second-order valence-electron chi connectivity index (χ2n) is 8.90. The molecule has 1 saturated heterocycles. The third-order valence-electron chi connectivity index (χ3n) is 5.46. The average Bonchev–Trinajstić information content (AvgIpc) is 3.18. The Morgan fingerprint density at radius 1 is 1.16 bits per heavy atom. The molecule has 9 heteroatoms. The number of hydrogen-bond donors (Lipinski definition) is 1. The Labute approximate surface area is 214 Å². The van der Waals surface area contributed by atoms with Crippen LogP contribution in [-0.2, 0) is 26.4 Å². The molecule has 1 unspecified atom stereocenters. The van der Waals surface area contributed by atoms with Gasteiger partial charge < -0.3 is 18.8 Å². The molecule has 1 N–H and O–H groups in total. The van der Waals surface area contributed by atoms with Gasteiger partial charge in [0.1, 0.15) is 5.75 Å². The summed E-state index contributed by atoms with van der Waals surface area (Å²) in [6.07, 6.45) is 2.30. The van der Waals surface area contributed by atoms with Crippen LogP contribution in [0.5, 0.6) is 5.75 Å². The molecule has 0 radical (unpaired) electrons. The summed E-state index contributed by atoms with van der Waals surface area (Å²) in [7, 11) is 0. The number of fused-ring (bicyclic) bond motifs is 1. The fraction of sp³-hybridized carbons (Fsp3) is 0.478. The van der Waals surface area contributed by atoms with Gasteiger partial charge in [-0.15, -0.1) is 0 Å². The van der Waals surface area contributed by atoms with Crippen LogP contribution in [0.15, 0.2) is 41.7 Å². The molecule has 1 fully saturated rings. The van der Waals surface area contributed by atoms with Gasteiger partial charge in [-0.05, 0) is 32.0 Å². The van der Waals surface area contributed by atoms with Gasteiger partial charge in [0, 0.05) is 34.8 Å². The number of para-hydroxylation sites is 2. The number of H-pyrrole nitrogens is 1. The predicted molar refractivity (Wildman–Crippen MR) is 127 cm³/mol. The minimum absolute atomic E-state index is 0. The summed E-state index contributed by atoms with van der Waals surface area (Å²) in [4.78, 5) is 12.0.